The third-order valence-electron chi connectivity index (χ3n) is 4.93. The van der Waals surface area contributed by atoms with Crippen molar-refractivity contribution in [1.82, 2.24) is 9.80 Å². The van der Waals surface area contributed by atoms with Crippen molar-refractivity contribution in [3.63, 3.8) is 0 Å². The number of carbonyl (C=O) groups is 1. The molecule has 1 aromatic rings. The molecule has 0 aromatic heterocycles. The fraction of sp³-hybridized carbons (Fsp3) is 0.588. The highest BCUT2D eigenvalue weighted by Gasteiger charge is 2.28. The summed E-state index contributed by atoms with van der Waals surface area (Å²) in [4.78, 5) is 16.6. The van der Waals surface area contributed by atoms with E-state index in [1.165, 1.54) is 32.1 Å². The second kappa shape index (κ2) is 7.14. The minimum atomic E-state index is -1.04. The van der Waals surface area contributed by atoms with Crippen LogP contribution in [-0.2, 0) is 0 Å². The second-order valence-electron chi connectivity index (χ2n) is 6.37. The first-order valence-electron chi connectivity index (χ1n) is 8.24. The van der Waals surface area contributed by atoms with Gasteiger partial charge in [0, 0.05) is 32.2 Å². The predicted octanol–water partition coefficient (Wildman–Crippen LogP) is 3.71. The van der Waals surface area contributed by atoms with Gasteiger partial charge >= 0.3 is 0 Å². The zero-order valence-electron chi connectivity index (χ0n) is 13.0. The van der Waals surface area contributed by atoms with Crippen LogP contribution in [0.1, 0.15) is 42.5 Å². The summed E-state index contributed by atoms with van der Waals surface area (Å²) in [7, 11) is 0. The summed E-state index contributed by atoms with van der Waals surface area (Å²) in [6.07, 6.45) is 6.37. The summed E-state index contributed by atoms with van der Waals surface area (Å²) >= 11 is 5.90. The van der Waals surface area contributed by atoms with E-state index in [-0.39, 0.29) is 16.5 Å². The molecule has 1 aliphatic carbocycles. The number of amides is 1. The van der Waals surface area contributed by atoms with Crippen molar-refractivity contribution in [2.45, 2.75) is 38.1 Å². The topological polar surface area (TPSA) is 23.6 Å². The summed E-state index contributed by atoms with van der Waals surface area (Å²) in [5.74, 6) is -2.40. The summed E-state index contributed by atoms with van der Waals surface area (Å²) in [6, 6.07) is 2.39. The number of nitrogens with zero attached hydrogens (tertiary/aromatic N) is 2. The molecule has 0 radical (unpaired) electrons. The molecule has 1 aliphatic heterocycles. The van der Waals surface area contributed by atoms with Crippen molar-refractivity contribution < 1.29 is 13.6 Å². The summed E-state index contributed by atoms with van der Waals surface area (Å²) < 4.78 is 26.5. The first-order valence-corrected chi connectivity index (χ1v) is 8.62. The van der Waals surface area contributed by atoms with E-state index in [1.54, 1.807) is 4.90 Å². The van der Waals surface area contributed by atoms with Gasteiger partial charge in [-0.3, -0.25) is 9.69 Å². The Hall–Kier alpha value is -1.20. The molecule has 0 N–H and O–H groups in total. The van der Waals surface area contributed by atoms with Gasteiger partial charge in [0.05, 0.1) is 10.6 Å². The highest BCUT2D eigenvalue weighted by atomic mass is 35.5. The van der Waals surface area contributed by atoms with Gasteiger partial charge in [0.2, 0.25) is 0 Å². The molecular formula is C17H21ClF2N2O. The van der Waals surface area contributed by atoms with Crippen molar-refractivity contribution in [3.05, 3.63) is 34.4 Å². The van der Waals surface area contributed by atoms with Crippen LogP contribution in [-0.4, -0.2) is 47.9 Å². The van der Waals surface area contributed by atoms with Crippen LogP contribution in [0.5, 0.6) is 0 Å². The van der Waals surface area contributed by atoms with Gasteiger partial charge in [-0.1, -0.05) is 30.9 Å². The lowest BCUT2D eigenvalue weighted by Gasteiger charge is -2.40. The van der Waals surface area contributed by atoms with Gasteiger partial charge in [0.1, 0.15) is 0 Å². The maximum absolute atomic E-state index is 13.4. The number of benzene rings is 1. The largest absolute Gasteiger partial charge is 0.336 e. The van der Waals surface area contributed by atoms with Crippen LogP contribution in [0.2, 0.25) is 5.02 Å². The Bertz CT molecular complexity index is 582. The monoisotopic (exact) mass is 342 g/mol. The molecular weight excluding hydrogens is 322 g/mol. The molecule has 0 spiro atoms. The standard InChI is InChI=1S/C17H21ClF2N2O/c18-14-11-16(20)15(19)10-13(14)17(23)22-8-6-21(7-9-22)12-4-2-1-3-5-12/h10-12H,1-9H2. The van der Waals surface area contributed by atoms with Crippen LogP contribution in [0, 0.1) is 11.6 Å². The van der Waals surface area contributed by atoms with Crippen molar-refractivity contribution in [1.29, 1.82) is 0 Å². The van der Waals surface area contributed by atoms with Gasteiger partial charge in [-0.2, -0.15) is 0 Å². The van der Waals surface area contributed by atoms with E-state index in [2.05, 4.69) is 4.90 Å². The van der Waals surface area contributed by atoms with Gasteiger partial charge < -0.3 is 4.90 Å². The van der Waals surface area contributed by atoms with Crippen LogP contribution < -0.4 is 0 Å². The fourth-order valence-corrected chi connectivity index (χ4v) is 3.82. The lowest BCUT2D eigenvalue weighted by atomic mass is 9.94. The van der Waals surface area contributed by atoms with E-state index in [0.717, 1.165) is 25.2 Å². The van der Waals surface area contributed by atoms with Crippen LogP contribution in [0.3, 0.4) is 0 Å². The van der Waals surface area contributed by atoms with E-state index < -0.39 is 11.6 Å². The SMILES string of the molecule is O=C(c1cc(F)c(F)cc1Cl)N1CCN(C2CCCCC2)CC1. The molecule has 1 saturated heterocycles. The quantitative estimate of drug-likeness (QED) is 0.765. The van der Waals surface area contributed by atoms with Crippen LogP contribution in [0.15, 0.2) is 12.1 Å². The zero-order chi connectivity index (χ0) is 16.4. The molecule has 126 valence electrons. The number of hydrogen-bond acceptors (Lipinski definition) is 2. The smallest absolute Gasteiger partial charge is 0.255 e. The number of halogens is 3. The van der Waals surface area contributed by atoms with Crippen LogP contribution >= 0.6 is 11.6 Å². The molecule has 23 heavy (non-hydrogen) atoms. The van der Waals surface area contributed by atoms with Gasteiger partial charge in [0.25, 0.3) is 5.91 Å². The molecule has 0 bridgehead atoms. The first kappa shape index (κ1) is 16.7. The molecule has 1 aromatic carbocycles. The Kier molecular flexibility index (Phi) is 5.17. The average Bonchev–Trinajstić information content (AvgIpc) is 2.58. The molecule has 6 heteroatoms. The molecule has 3 nitrogen and oxygen atoms in total. The van der Waals surface area contributed by atoms with Crippen molar-refractivity contribution in [2.24, 2.45) is 0 Å². The maximum Gasteiger partial charge on any atom is 0.255 e. The van der Waals surface area contributed by atoms with E-state index in [4.69, 9.17) is 11.6 Å². The van der Waals surface area contributed by atoms with Crippen LogP contribution in [0.4, 0.5) is 8.78 Å². The Labute approximate surface area is 140 Å². The predicted molar refractivity (Wildman–Crippen MR) is 85.7 cm³/mol. The molecule has 3 rings (SSSR count). The number of piperazine rings is 1. The Morgan fingerprint density at radius 2 is 1.61 bits per heavy atom. The third-order valence-corrected chi connectivity index (χ3v) is 5.25. The summed E-state index contributed by atoms with van der Waals surface area (Å²) in [5, 5.41) is -0.0383. The fourth-order valence-electron chi connectivity index (χ4n) is 3.59. The number of rotatable bonds is 2. The maximum atomic E-state index is 13.4. The molecule has 2 aliphatic rings. The number of hydrogen-bond donors (Lipinski definition) is 0. The summed E-state index contributed by atoms with van der Waals surface area (Å²) in [6.45, 7) is 2.87. The van der Waals surface area contributed by atoms with E-state index in [0.29, 0.717) is 19.1 Å². The van der Waals surface area contributed by atoms with Crippen molar-refractivity contribution in [3.8, 4) is 0 Å². The lowest BCUT2D eigenvalue weighted by Crippen LogP contribution is -2.52. The highest BCUT2D eigenvalue weighted by Crippen LogP contribution is 2.25. The highest BCUT2D eigenvalue weighted by molar-refractivity contribution is 6.33. The van der Waals surface area contributed by atoms with Gasteiger partial charge in [0.15, 0.2) is 11.6 Å². The van der Waals surface area contributed by atoms with Crippen molar-refractivity contribution >= 4 is 17.5 Å². The zero-order valence-corrected chi connectivity index (χ0v) is 13.8. The Morgan fingerprint density at radius 1 is 1.00 bits per heavy atom. The Morgan fingerprint density at radius 3 is 2.26 bits per heavy atom. The molecule has 1 amide bonds. The minimum Gasteiger partial charge on any atom is -0.336 e. The van der Waals surface area contributed by atoms with E-state index >= 15 is 0 Å². The Balaban J connectivity index is 1.63. The molecule has 2 fully saturated rings. The lowest BCUT2D eigenvalue weighted by molar-refractivity contribution is 0.0523. The molecule has 1 saturated carbocycles. The van der Waals surface area contributed by atoms with Crippen LogP contribution in [0.25, 0.3) is 0 Å². The van der Waals surface area contributed by atoms with Gasteiger partial charge in [-0.05, 0) is 25.0 Å². The normalized spacial score (nSPS) is 20.7. The minimum absolute atomic E-state index is 0.0383. The average molecular weight is 343 g/mol. The molecule has 0 unspecified atom stereocenters. The van der Waals surface area contributed by atoms with E-state index in [9.17, 15) is 13.6 Å². The molecule has 0 atom stereocenters. The molecule has 1 heterocycles. The van der Waals surface area contributed by atoms with Crippen molar-refractivity contribution in [2.75, 3.05) is 26.2 Å². The first-order chi connectivity index (χ1) is 11.1. The second-order valence-corrected chi connectivity index (χ2v) is 6.77. The summed E-state index contributed by atoms with van der Waals surface area (Å²) in [5.41, 5.74) is 0.0386. The van der Waals surface area contributed by atoms with Gasteiger partial charge in [-0.15, -0.1) is 0 Å². The third kappa shape index (κ3) is 3.66. The number of carbonyl (C=O) groups excluding carboxylic acids is 1. The van der Waals surface area contributed by atoms with E-state index in [1.807, 2.05) is 0 Å². The van der Waals surface area contributed by atoms with Gasteiger partial charge in [-0.25, -0.2) is 8.78 Å².